The third kappa shape index (κ3) is 4.99. The Morgan fingerprint density at radius 2 is 2.09 bits per heavy atom. The fourth-order valence-corrected chi connectivity index (χ4v) is 4.09. The first kappa shape index (κ1) is 22.4. The summed E-state index contributed by atoms with van der Waals surface area (Å²) >= 11 is 5.86. The van der Waals surface area contributed by atoms with Crippen LogP contribution < -0.4 is 10.1 Å². The zero-order valence-corrected chi connectivity index (χ0v) is 18.2. The molecule has 0 bridgehead atoms. The van der Waals surface area contributed by atoms with E-state index in [1.165, 1.54) is 29.3 Å². The van der Waals surface area contributed by atoms with Gasteiger partial charge in [-0.25, -0.2) is 13.8 Å². The third-order valence-corrected chi connectivity index (χ3v) is 5.91. The van der Waals surface area contributed by atoms with Crippen LogP contribution in [0, 0.1) is 11.2 Å². The topological polar surface area (TPSA) is 81.0 Å². The number of halogens is 3. The fourth-order valence-electron chi connectivity index (χ4n) is 3.98. The summed E-state index contributed by atoms with van der Waals surface area (Å²) in [6.45, 7) is 1.71. The molecule has 0 atom stereocenters. The summed E-state index contributed by atoms with van der Waals surface area (Å²) in [5.41, 5.74) is 1.12. The molecule has 1 aromatic carbocycles. The number of benzene rings is 1. The lowest BCUT2D eigenvalue weighted by atomic mass is 10.1. The van der Waals surface area contributed by atoms with Crippen molar-refractivity contribution < 1.29 is 18.3 Å². The summed E-state index contributed by atoms with van der Waals surface area (Å²) in [7, 11) is 0. The molecule has 170 valence electrons. The lowest BCUT2D eigenvalue weighted by molar-refractivity contribution is 0.0774. The number of likely N-dealkylation sites (tertiary alicyclic amines) is 2. The Labute approximate surface area is 189 Å². The van der Waals surface area contributed by atoms with E-state index in [1.807, 2.05) is 4.90 Å². The highest BCUT2D eigenvalue weighted by molar-refractivity contribution is 6.39. The molecule has 10 heteroatoms. The monoisotopic (exact) mass is 463 g/mol. The summed E-state index contributed by atoms with van der Waals surface area (Å²) in [6.07, 6.45) is 4.22. The maximum atomic E-state index is 14.0. The van der Waals surface area contributed by atoms with E-state index in [0.717, 1.165) is 0 Å². The highest BCUT2D eigenvalue weighted by Gasteiger charge is 2.32. The van der Waals surface area contributed by atoms with Crippen LogP contribution in [0.15, 0.2) is 45.8 Å². The van der Waals surface area contributed by atoms with Gasteiger partial charge in [-0.15, -0.1) is 0 Å². The number of rotatable bonds is 5. The Kier molecular flexibility index (Phi) is 6.86. The molecule has 0 radical (unpaired) electrons. The van der Waals surface area contributed by atoms with Gasteiger partial charge in [0.15, 0.2) is 0 Å². The van der Waals surface area contributed by atoms with Crippen LogP contribution in [-0.4, -0.2) is 73.1 Å². The number of hydrogen-bond donors (Lipinski definition) is 2. The minimum absolute atomic E-state index is 0.116. The Morgan fingerprint density at radius 1 is 1.31 bits per heavy atom. The number of aliphatic imine (C=N–C) groups is 1. The molecule has 32 heavy (non-hydrogen) atoms. The van der Waals surface area contributed by atoms with Crippen LogP contribution in [-0.2, 0) is 0 Å². The smallest absolute Gasteiger partial charge is 0.258 e. The number of carbonyl (C=O) groups is 1. The van der Waals surface area contributed by atoms with E-state index in [2.05, 4.69) is 10.3 Å². The van der Waals surface area contributed by atoms with Crippen molar-refractivity contribution >= 4 is 29.4 Å². The van der Waals surface area contributed by atoms with Gasteiger partial charge in [-0.1, -0.05) is 11.6 Å². The zero-order chi connectivity index (χ0) is 22.7. The summed E-state index contributed by atoms with van der Waals surface area (Å²) in [6, 6.07) is 3.87. The molecule has 1 aromatic rings. The lowest BCUT2D eigenvalue weighted by Gasteiger charge is -2.32. The highest BCUT2D eigenvalue weighted by atomic mass is 35.5. The minimum atomic E-state index is -0.493. The Bertz CT molecular complexity index is 1000. The summed E-state index contributed by atoms with van der Waals surface area (Å²) in [4.78, 5) is 21.0. The van der Waals surface area contributed by atoms with Crippen LogP contribution in [0.2, 0.25) is 0 Å². The predicted octanol–water partition coefficient (Wildman–Crippen LogP) is 3.08. The van der Waals surface area contributed by atoms with Gasteiger partial charge in [-0.2, -0.15) is 0 Å². The lowest BCUT2D eigenvalue weighted by Crippen LogP contribution is -2.39. The van der Waals surface area contributed by atoms with Crippen molar-refractivity contribution in [3.63, 3.8) is 0 Å². The molecule has 4 rings (SSSR count). The number of amides is 1. The predicted molar refractivity (Wildman–Crippen MR) is 119 cm³/mol. The quantitative estimate of drug-likeness (QED) is 0.703. The summed E-state index contributed by atoms with van der Waals surface area (Å²) < 4.78 is 32.5. The molecule has 0 spiro atoms. The van der Waals surface area contributed by atoms with Gasteiger partial charge in [0.2, 0.25) is 0 Å². The van der Waals surface area contributed by atoms with Crippen LogP contribution >= 0.6 is 11.6 Å². The van der Waals surface area contributed by atoms with Gasteiger partial charge >= 0.3 is 0 Å². The van der Waals surface area contributed by atoms with E-state index < -0.39 is 5.82 Å². The highest BCUT2D eigenvalue weighted by Crippen LogP contribution is 2.28. The van der Waals surface area contributed by atoms with Gasteiger partial charge in [0.05, 0.1) is 29.4 Å². The molecular weight excluding hydrogens is 440 g/mol. The van der Waals surface area contributed by atoms with Crippen molar-refractivity contribution in [3.05, 3.63) is 52.2 Å². The number of alkyl halides is 1. The number of ether oxygens (including phenoxy) is 1. The molecular formula is C22H24ClF2N5O2. The number of piperidine rings is 1. The molecule has 0 unspecified atom stereocenters. The van der Waals surface area contributed by atoms with Crippen molar-refractivity contribution in [2.24, 2.45) is 4.99 Å². The van der Waals surface area contributed by atoms with Crippen molar-refractivity contribution in [2.75, 3.05) is 39.4 Å². The van der Waals surface area contributed by atoms with E-state index >= 15 is 0 Å². The molecule has 1 amide bonds. The average Bonchev–Trinajstić information content (AvgIpc) is 3.17. The molecule has 2 saturated heterocycles. The average molecular weight is 464 g/mol. The maximum absolute atomic E-state index is 14.0. The van der Waals surface area contributed by atoms with E-state index in [-0.39, 0.29) is 48.8 Å². The van der Waals surface area contributed by atoms with Crippen LogP contribution in [0.5, 0.6) is 5.75 Å². The minimum Gasteiger partial charge on any atom is -0.489 e. The molecule has 7 nitrogen and oxygen atoms in total. The molecule has 3 aliphatic heterocycles. The van der Waals surface area contributed by atoms with E-state index in [4.69, 9.17) is 21.7 Å². The molecule has 0 aliphatic carbocycles. The van der Waals surface area contributed by atoms with Gasteiger partial charge in [0.25, 0.3) is 5.91 Å². The second kappa shape index (κ2) is 9.79. The molecule has 0 saturated carbocycles. The van der Waals surface area contributed by atoms with Gasteiger partial charge in [0.1, 0.15) is 30.2 Å². The molecule has 2 fully saturated rings. The Balaban J connectivity index is 1.48. The number of nitrogens with zero attached hydrogens (tertiary/aromatic N) is 3. The Morgan fingerprint density at radius 3 is 2.78 bits per heavy atom. The van der Waals surface area contributed by atoms with E-state index in [0.29, 0.717) is 48.9 Å². The standard InChI is InChI=1S/C22H24ClF2N5O2/c23-14-10-27-21(28-11-14)18-12-30(13-19(18)26)22(31)17-2-1-15(25)9-20(17)32-16-3-6-29(7-4-16)8-5-24/h1-2,9-11,16,26-27H,3-8,12-13H2/b21-18+,26-19?. The van der Waals surface area contributed by atoms with Crippen LogP contribution in [0.3, 0.4) is 0 Å². The molecule has 3 aliphatic rings. The van der Waals surface area contributed by atoms with Crippen molar-refractivity contribution in [3.8, 4) is 5.75 Å². The Hall–Kier alpha value is -2.78. The van der Waals surface area contributed by atoms with Gasteiger partial charge in [-0.05, 0) is 25.0 Å². The van der Waals surface area contributed by atoms with Crippen LogP contribution in [0.4, 0.5) is 8.78 Å². The van der Waals surface area contributed by atoms with E-state index in [9.17, 15) is 13.6 Å². The molecule has 0 aromatic heterocycles. The normalized spacial score (nSPS) is 22.2. The van der Waals surface area contributed by atoms with Crippen LogP contribution in [0.25, 0.3) is 0 Å². The van der Waals surface area contributed by atoms with Gasteiger partial charge < -0.3 is 25.3 Å². The number of carbonyl (C=O) groups excluding carboxylic acids is 1. The first-order chi connectivity index (χ1) is 15.4. The fraction of sp³-hybridized carbons (Fsp3) is 0.409. The molecule has 2 N–H and O–H groups in total. The van der Waals surface area contributed by atoms with Crippen molar-refractivity contribution in [1.29, 1.82) is 5.41 Å². The van der Waals surface area contributed by atoms with Gasteiger partial charge in [-0.3, -0.25) is 4.79 Å². The maximum Gasteiger partial charge on any atom is 0.258 e. The zero-order valence-electron chi connectivity index (χ0n) is 17.4. The van der Waals surface area contributed by atoms with Crippen molar-refractivity contribution in [2.45, 2.75) is 18.9 Å². The SMILES string of the molecule is N=C1CN(C(=O)c2ccc(F)cc2OC2CCN(CCF)CC2)C/C1=C1\N=CC(Cl)=CN1. The van der Waals surface area contributed by atoms with Crippen molar-refractivity contribution in [1.82, 2.24) is 15.1 Å². The first-order valence-corrected chi connectivity index (χ1v) is 10.8. The summed E-state index contributed by atoms with van der Waals surface area (Å²) in [5.74, 6) is -0.170. The molecule has 3 heterocycles. The third-order valence-electron chi connectivity index (χ3n) is 5.70. The van der Waals surface area contributed by atoms with Crippen LogP contribution in [0.1, 0.15) is 23.2 Å². The largest absolute Gasteiger partial charge is 0.489 e. The number of hydrogen-bond acceptors (Lipinski definition) is 6. The summed E-state index contributed by atoms with van der Waals surface area (Å²) in [5, 5.41) is 11.7. The number of nitrogens with one attached hydrogen (secondary N) is 2. The number of allylic oxidation sites excluding steroid dienone is 1. The second-order valence-electron chi connectivity index (χ2n) is 7.89. The first-order valence-electron chi connectivity index (χ1n) is 10.5. The van der Waals surface area contributed by atoms with E-state index in [1.54, 1.807) is 6.20 Å². The van der Waals surface area contributed by atoms with Gasteiger partial charge in [0, 0.05) is 43.7 Å². The second-order valence-corrected chi connectivity index (χ2v) is 8.32.